The van der Waals surface area contributed by atoms with Crippen LogP contribution in [0.5, 0.6) is 0 Å². The Bertz CT molecular complexity index is 754. The number of amides is 1. The number of halogens is 1. The van der Waals surface area contributed by atoms with Crippen LogP contribution in [0.15, 0.2) is 28.7 Å². The number of esters is 1. The summed E-state index contributed by atoms with van der Waals surface area (Å²) in [6, 6.07) is 7.39. The summed E-state index contributed by atoms with van der Waals surface area (Å²) in [5.41, 5.74) is 2.24. The molecule has 0 aliphatic heterocycles. The minimum absolute atomic E-state index is 0.368. The molecule has 0 bridgehead atoms. The molecule has 6 heteroatoms. The molecule has 1 amide bonds. The molecule has 0 aliphatic carbocycles. The van der Waals surface area contributed by atoms with Gasteiger partial charge in [-0.2, -0.15) is 0 Å². The fourth-order valence-electron chi connectivity index (χ4n) is 2.07. The van der Waals surface area contributed by atoms with E-state index in [0.29, 0.717) is 11.3 Å². The van der Waals surface area contributed by atoms with Crippen molar-refractivity contribution in [3.05, 3.63) is 49.6 Å². The molecule has 0 unspecified atom stereocenters. The van der Waals surface area contributed by atoms with E-state index in [-0.39, 0.29) is 5.91 Å². The van der Waals surface area contributed by atoms with Crippen molar-refractivity contribution in [1.29, 1.82) is 0 Å². The number of carbonyl (C=O) groups excluding carboxylic acids is 2. The molecule has 1 heterocycles. The van der Waals surface area contributed by atoms with Crippen molar-refractivity contribution in [3.8, 4) is 0 Å². The molecule has 122 valence electrons. The Labute approximate surface area is 148 Å². The lowest BCUT2D eigenvalue weighted by atomic mass is 10.2. The number of ether oxygens (including phenoxy) is 1. The number of anilines is 1. The van der Waals surface area contributed by atoms with Crippen LogP contribution in [0.3, 0.4) is 0 Å². The number of benzene rings is 1. The van der Waals surface area contributed by atoms with E-state index < -0.39 is 12.1 Å². The lowest BCUT2D eigenvalue weighted by Gasteiger charge is -2.14. The molecule has 0 radical (unpaired) electrons. The topological polar surface area (TPSA) is 55.4 Å². The van der Waals surface area contributed by atoms with Crippen molar-refractivity contribution in [2.24, 2.45) is 0 Å². The largest absolute Gasteiger partial charge is 0.449 e. The van der Waals surface area contributed by atoms with E-state index in [2.05, 4.69) is 21.2 Å². The highest BCUT2D eigenvalue weighted by Crippen LogP contribution is 2.24. The highest BCUT2D eigenvalue weighted by Gasteiger charge is 2.21. The highest BCUT2D eigenvalue weighted by molar-refractivity contribution is 9.10. The molecule has 0 saturated carbocycles. The summed E-state index contributed by atoms with van der Waals surface area (Å²) >= 11 is 4.93. The summed E-state index contributed by atoms with van der Waals surface area (Å²) in [4.78, 5) is 26.3. The third-order valence-corrected chi connectivity index (χ3v) is 4.92. The van der Waals surface area contributed by atoms with E-state index in [9.17, 15) is 9.59 Å². The predicted octanol–water partition coefficient (Wildman–Crippen LogP) is 4.62. The van der Waals surface area contributed by atoms with Crippen LogP contribution in [-0.2, 0) is 9.53 Å². The first kappa shape index (κ1) is 17.7. The molecule has 0 fully saturated rings. The molecular weight excluding hydrogens is 378 g/mol. The maximum Gasteiger partial charge on any atom is 0.340 e. The molecular formula is C17H18BrNO3S. The van der Waals surface area contributed by atoms with Gasteiger partial charge in [-0.15, -0.1) is 11.3 Å². The Morgan fingerprint density at radius 3 is 2.48 bits per heavy atom. The van der Waals surface area contributed by atoms with Gasteiger partial charge in [0.25, 0.3) is 5.91 Å². The van der Waals surface area contributed by atoms with Gasteiger partial charge >= 0.3 is 5.97 Å². The maximum absolute atomic E-state index is 12.2. The van der Waals surface area contributed by atoms with Crippen LogP contribution >= 0.6 is 27.3 Å². The molecule has 2 aromatic rings. The van der Waals surface area contributed by atoms with Crippen LogP contribution in [0.25, 0.3) is 0 Å². The van der Waals surface area contributed by atoms with Gasteiger partial charge in [0, 0.05) is 14.2 Å². The van der Waals surface area contributed by atoms with Gasteiger partial charge in [0.05, 0.1) is 11.3 Å². The van der Waals surface area contributed by atoms with Crippen molar-refractivity contribution in [2.75, 3.05) is 5.32 Å². The van der Waals surface area contributed by atoms with E-state index in [1.165, 1.54) is 11.3 Å². The Morgan fingerprint density at radius 1 is 1.22 bits per heavy atom. The van der Waals surface area contributed by atoms with Crippen molar-refractivity contribution >= 4 is 44.8 Å². The fraction of sp³-hybridized carbons (Fsp3) is 0.294. The number of hydrogen-bond donors (Lipinski definition) is 1. The number of aryl methyl sites for hydroxylation is 3. The van der Waals surface area contributed by atoms with Gasteiger partial charge < -0.3 is 10.1 Å². The van der Waals surface area contributed by atoms with Gasteiger partial charge in [0.15, 0.2) is 6.10 Å². The summed E-state index contributed by atoms with van der Waals surface area (Å²) in [6.45, 7) is 7.32. The van der Waals surface area contributed by atoms with E-state index in [1.54, 1.807) is 19.1 Å². The molecule has 0 aliphatic rings. The van der Waals surface area contributed by atoms with Crippen LogP contribution in [-0.4, -0.2) is 18.0 Å². The molecule has 2 rings (SSSR count). The molecule has 1 aromatic carbocycles. The third kappa shape index (κ3) is 4.42. The average Bonchev–Trinajstić information content (AvgIpc) is 2.80. The van der Waals surface area contributed by atoms with Gasteiger partial charge in [-0.3, -0.25) is 4.79 Å². The lowest BCUT2D eigenvalue weighted by Crippen LogP contribution is -2.30. The molecule has 1 atom stereocenters. The highest BCUT2D eigenvalue weighted by atomic mass is 79.9. The predicted molar refractivity (Wildman–Crippen MR) is 96.2 cm³/mol. The Morgan fingerprint density at radius 2 is 1.91 bits per heavy atom. The summed E-state index contributed by atoms with van der Waals surface area (Å²) in [5, 5.41) is 2.75. The first-order valence-electron chi connectivity index (χ1n) is 7.13. The van der Waals surface area contributed by atoms with Crippen LogP contribution in [0.1, 0.15) is 32.6 Å². The average molecular weight is 396 g/mol. The van der Waals surface area contributed by atoms with Gasteiger partial charge in [-0.05, 0) is 67.4 Å². The molecule has 1 N–H and O–H groups in total. The number of thiophene rings is 1. The van der Waals surface area contributed by atoms with Gasteiger partial charge in [-0.25, -0.2) is 4.79 Å². The van der Waals surface area contributed by atoms with Crippen molar-refractivity contribution in [1.82, 2.24) is 0 Å². The second kappa shape index (κ2) is 7.27. The summed E-state index contributed by atoms with van der Waals surface area (Å²) in [5.74, 6) is -0.843. The van der Waals surface area contributed by atoms with E-state index in [0.717, 1.165) is 19.8 Å². The first-order chi connectivity index (χ1) is 10.8. The zero-order chi connectivity index (χ0) is 17.1. The van der Waals surface area contributed by atoms with Crippen LogP contribution in [0.4, 0.5) is 5.69 Å². The molecule has 0 saturated heterocycles. The molecule has 4 nitrogen and oxygen atoms in total. The smallest absolute Gasteiger partial charge is 0.340 e. The van der Waals surface area contributed by atoms with Gasteiger partial charge in [0.1, 0.15) is 0 Å². The minimum Gasteiger partial charge on any atom is -0.449 e. The summed E-state index contributed by atoms with van der Waals surface area (Å²) < 4.78 is 6.05. The number of rotatable bonds is 4. The zero-order valence-corrected chi connectivity index (χ0v) is 15.8. The van der Waals surface area contributed by atoms with Crippen LogP contribution in [0, 0.1) is 20.8 Å². The van der Waals surface area contributed by atoms with Crippen molar-refractivity contribution < 1.29 is 14.3 Å². The SMILES string of the molecule is Cc1ccc(NC(=O)[C@H](C)OC(=O)c2cc(C)sc2C)c(Br)c1. The molecule has 0 spiro atoms. The minimum atomic E-state index is -0.879. The number of nitrogens with one attached hydrogen (secondary N) is 1. The lowest BCUT2D eigenvalue weighted by molar-refractivity contribution is -0.123. The number of carbonyl (C=O) groups is 2. The first-order valence-corrected chi connectivity index (χ1v) is 8.74. The standard InChI is InChI=1S/C17H18BrNO3S/c1-9-5-6-15(14(18)7-9)19-16(20)11(3)22-17(21)13-8-10(2)23-12(13)4/h5-8,11H,1-4H3,(H,19,20)/t11-/m0/s1. The number of hydrogen-bond acceptors (Lipinski definition) is 4. The van der Waals surface area contributed by atoms with E-state index >= 15 is 0 Å². The quantitative estimate of drug-likeness (QED) is 0.768. The van der Waals surface area contributed by atoms with Crippen molar-refractivity contribution in [2.45, 2.75) is 33.8 Å². The van der Waals surface area contributed by atoms with Crippen LogP contribution in [0.2, 0.25) is 0 Å². The van der Waals surface area contributed by atoms with Crippen molar-refractivity contribution in [3.63, 3.8) is 0 Å². The van der Waals surface area contributed by atoms with Gasteiger partial charge in [-0.1, -0.05) is 6.07 Å². The third-order valence-electron chi connectivity index (χ3n) is 3.30. The van der Waals surface area contributed by atoms with E-state index in [1.807, 2.05) is 32.9 Å². The van der Waals surface area contributed by atoms with E-state index in [4.69, 9.17) is 4.74 Å². The normalized spacial score (nSPS) is 11.9. The zero-order valence-electron chi connectivity index (χ0n) is 13.4. The second-order valence-corrected chi connectivity index (χ2v) is 7.66. The maximum atomic E-state index is 12.2. The molecule has 23 heavy (non-hydrogen) atoms. The summed E-state index contributed by atoms with van der Waals surface area (Å²) in [7, 11) is 0. The second-order valence-electron chi connectivity index (χ2n) is 5.35. The monoisotopic (exact) mass is 395 g/mol. The van der Waals surface area contributed by atoms with Gasteiger partial charge in [0.2, 0.25) is 0 Å². The molecule has 1 aromatic heterocycles. The summed E-state index contributed by atoms with van der Waals surface area (Å²) in [6.07, 6.45) is -0.879. The van der Waals surface area contributed by atoms with Crippen LogP contribution < -0.4 is 5.32 Å². The Balaban J connectivity index is 2.02. The Kier molecular flexibility index (Phi) is 5.59. The Hall–Kier alpha value is -1.66. The fourth-order valence-corrected chi connectivity index (χ4v) is 3.57.